The van der Waals surface area contributed by atoms with E-state index < -0.39 is 13.9 Å². The Labute approximate surface area is 256 Å². The lowest BCUT2D eigenvalue weighted by Gasteiger charge is -2.28. The van der Waals surface area contributed by atoms with Gasteiger partial charge in [-0.1, -0.05) is 93.9 Å². The van der Waals surface area contributed by atoms with Crippen LogP contribution in [0.25, 0.3) is 0 Å². The molecule has 8 nitrogen and oxygen atoms in total. The highest BCUT2D eigenvalue weighted by Crippen LogP contribution is 2.38. The van der Waals surface area contributed by atoms with Crippen LogP contribution >= 0.6 is 7.82 Å². The Morgan fingerprint density at radius 3 is 1.88 bits per heavy atom. The molecule has 0 heterocycles. The number of carbonyl (C=O) groups is 1. The Bertz CT molecular complexity index is 859. The van der Waals surface area contributed by atoms with Gasteiger partial charge in [0, 0.05) is 6.42 Å². The number of ether oxygens (including phenoxy) is 2. The van der Waals surface area contributed by atoms with Gasteiger partial charge in [-0.25, -0.2) is 0 Å². The fourth-order valence-electron chi connectivity index (χ4n) is 3.43. The largest absolute Gasteiger partial charge is 0.756 e. The van der Waals surface area contributed by atoms with Crippen molar-refractivity contribution in [2.75, 3.05) is 54.1 Å². The SMILES string of the molecule is CC/C=C\C/C=C\C/C=C\C/C=C\C/C=C\CCOCC(COP(=O)([O-])OCC[N+](C)(C)C)OC(=O)CCCCCC. The van der Waals surface area contributed by atoms with Gasteiger partial charge in [-0.2, -0.15) is 0 Å². The number of carbonyl (C=O) groups excluding carboxylic acids is 1. The Balaban J connectivity index is 4.38. The Hall–Kier alpha value is -1.80. The quantitative estimate of drug-likeness (QED) is 0.0318. The summed E-state index contributed by atoms with van der Waals surface area (Å²) in [6.07, 6.45) is 30.2. The van der Waals surface area contributed by atoms with Gasteiger partial charge in [0.15, 0.2) is 0 Å². The second-order valence-corrected chi connectivity index (χ2v) is 12.5. The number of hydrogen-bond donors (Lipinski definition) is 0. The average Bonchev–Trinajstić information content (AvgIpc) is 2.92. The van der Waals surface area contributed by atoms with Crippen molar-refractivity contribution in [2.45, 2.75) is 90.6 Å². The highest BCUT2D eigenvalue weighted by atomic mass is 31.2. The highest BCUT2D eigenvalue weighted by Gasteiger charge is 2.20. The van der Waals surface area contributed by atoms with Gasteiger partial charge in [0.05, 0.1) is 41.0 Å². The molecular weight excluding hydrogens is 553 g/mol. The van der Waals surface area contributed by atoms with Crippen molar-refractivity contribution in [1.82, 2.24) is 0 Å². The van der Waals surface area contributed by atoms with Crippen LogP contribution < -0.4 is 4.89 Å². The first-order chi connectivity index (χ1) is 20.1. The van der Waals surface area contributed by atoms with Crippen molar-refractivity contribution in [2.24, 2.45) is 0 Å². The molecule has 0 N–H and O–H groups in total. The Morgan fingerprint density at radius 1 is 0.762 bits per heavy atom. The van der Waals surface area contributed by atoms with E-state index in [2.05, 4.69) is 68.5 Å². The van der Waals surface area contributed by atoms with Crippen molar-refractivity contribution in [1.29, 1.82) is 0 Å². The molecule has 0 aromatic rings. The molecule has 0 aromatic carbocycles. The molecule has 0 radical (unpaired) electrons. The van der Waals surface area contributed by atoms with E-state index in [0.717, 1.165) is 57.8 Å². The minimum atomic E-state index is -4.52. The molecule has 0 aromatic heterocycles. The van der Waals surface area contributed by atoms with Crippen LogP contribution in [-0.2, 0) is 27.9 Å². The van der Waals surface area contributed by atoms with Gasteiger partial charge < -0.3 is 27.9 Å². The molecule has 42 heavy (non-hydrogen) atoms. The van der Waals surface area contributed by atoms with E-state index in [-0.39, 0.29) is 32.2 Å². The second-order valence-electron chi connectivity index (χ2n) is 11.1. The van der Waals surface area contributed by atoms with Gasteiger partial charge in [-0.05, 0) is 44.9 Å². The number of quaternary nitrogens is 1. The minimum Gasteiger partial charge on any atom is -0.756 e. The zero-order valence-electron chi connectivity index (χ0n) is 26.9. The summed E-state index contributed by atoms with van der Waals surface area (Å²) in [7, 11) is 1.29. The number of rotatable bonds is 27. The molecule has 0 fully saturated rings. The lowest BCUT2D eigenvalue weighted by Crippen LogP contribution is -2.37. The zero-order chi connectivity index (χ0) is 31.4. The number of likely N-dealkylation sites (N-methyl/N-ethyl adjacent to an activating group) is 1. The van der Waals surface area contributed by atoms with Crippen LogP contribution in [0.15, 0.2) is 60.8 Å². The molecule has 0 rings (SSSR count). The van der Waals surface area contributed by atoms with Crippen LogP contribution in [0, 0.1) is 0 Å². The van der Waals surface area contributed by atoms with E-state index in [0.29, 0.717) is 24.1 Å². The van der Waals surface area contributed by atoms with Gasteiger partial charge in [0.1, 0.15) is 19.3 Å². The summed E-state index contributed by atoms with van der Waals surface area (Å²) in [5.41, 5.74) is 0. The number of phosphoric acid groups is 1. The Kier molecular flexibility index (Phi) is 25.7. The molecule has 0 aliphatic carbocycles. The molecule has 2 atom stereocenters. The van der Waals surface area contributed by atoms with Gasteiger partial charge >= 0.3 is 5.97 Å². The first kappa shape index (κ1) is 40.2. The van der Waals surface area contributed by atoms with Gasteiger partial charge in [0.2, 0.25) is 0 Å². The summed E-state index contributed by atoms with van der Waals surface area (Å²) in [6, 6.07) is 0. The molecule has 0 saturated heterocycles. The first-order valence-electron chi connectivity index (χ1n) is 15.5. The molecule has 9 heteroatoms. The van der Waals surface area contributed by atoms with E-state index in [1.807, 2.05) is 27.2 Å². The normalized spacial score (nSPS) is 15.1. The minimum absolute atomic E-state index is 0.00983. The summed E-state index contributed by atoms with van der Waals surface area (Å²) in [6.45, 7) is 4.88. The van der Waals surface area contributed by atoms with Gasteiger partial charge in [-0.3, -0.25) is 9.36 Å². The summed E-state index contributed by atoms with van der Waals surface area (Å²) in [4.78, 5) is 24.4. The smallest absolute Gasteiger partial charge is 0.306 e. The number of esters is 1. The van der Waals surface area contributed by atoms with E-state index >= 15 is 0 Å². The molecule has 0 amide bonds. The molecule has 2 unspecified atom stereocenters. The summed E-state index contributed by atoms with van der Waals surface area (Å²) < 4.78 is 33.8. The number of phosphoric ester groups is 1. The molecule has 0 aliphatic rings. The molecule has 0 aliphatic heterocycles. The van der Waals surface area contributed by atoms with Gasteiger partial charge in [0.25, 0.3) is 7.82 Å². The van der Waals surface area contributed by atoms with Crippen molar-refractivity contribution in [3.8, 4) is 0 Å². The predicted molar refractivity (Wildman–Crippen MR) is 171 cm³/mol. The molecule has 0 spiro atoms. The van der Waals surface area contributed by atoms with Crippen molar-refractivity contribution < 1.29 is 37.3 Å². The van der Waals surface area contributed by atoms with Crippen molar-refractivity contribution in [3.05, 3.63) is 60.8 Å². The predicted octanol–water partition coefficient (Wildman–Crippen LogP) is 7.23. The number of allylic oxidation sites excluding steroid dienone is 9. The number of unbranched alkanes of at least 4 members (excludes halogenated alkanes) is 3. The standard InChI is InChI=1S/C33H58NO7P/c1-6-8-10-12-13-14-15-16-17-18-19-20-21-22-23-25-28-38-30-32(41-33(35)26-24-11-9-7-2)31-40-42(36,37)39-29-27-34(3,4)5/h8,10,13-14,16-17,19-20,22-23,32H,6-7,9,11-12,15,18,21,24-31H2,1-5H3/b10-8-,14-13-,17-16-,20-19-,23-22-. The summed E-state index contributed by atoms with van der Waals surface area (Å²) >= 11 is 0. The summed E-state index contributed by atoms with van der Waals surface area (Å²) in [5, 5.41) is 0. The third-order valence-electron chi connectivity index (χ3n) is 5.85. The van der Waals surface area contributed by atoms with E-state index in [9.17, 15) is 14.3 Å². The third-order valence-corrected chi connectivity index (χ3v) is 6.82. The van der Waals surface area contributed by atoms with E-state index in [4.69, 9.17) is 18.5 Å². The van der Waals surface area contributed by atoms with Crippen molar-refractivity contribution in [3.63, 3.8) is 0 Å². The van der Waals surface area contributed by atoms with Crippen LogP contribution in [0.2, 0.25) is 0 Å². The fourth-order valence-corrected chi connectivity index (χ4v) is 4.16. The van der Waals surface area contributed by atoms with Crippen LogP contribution in [0.1, 0.15) is 84.5 Å². The van der Waals surface area contributed by atoms with Crippen molar-refractivity contribution >= 4 is 13.8 Å². The zero-order valence-corrected chi connectivity index (χ0v) is 27.8. The van der Waals surface area contributed by atoms with Crippen LogP contribution in [0.5, 0.6) is 0 Å². The third kappa shape index (κ3) is 29.7. The Morgan fingerprint density at radius 2 is 1.33 bits per heavy atom. The molecule has 242 valence electrons. The van der Waals surface area contributed by atoms with Gasteiger partial charge in [-0.15, -0.1) is 0 Å². The van der Waals surface area contributed by atoms with Crippen LogP contribution in [0.4, 0.5) is 0 Å². The number of hydrogen-bond acceptors (Lipinski definition) is 7. The number of nitrogens with zero attached hydrogens (tertiary/aromatic N) is 1. The molecular formula is C33H58NO7P. The lowest BCUT2D eigenvalue weighted by molar-refractivity contribution is -0.870. The highest BCUT2D eigenvalue weighted by molar-refractivity contribution is 7.45. The average molecular weight is 612 g/mol. The fraction of sp³-hybridized carbons (Fsp3) is 0.667. The second kappa shape index (κ2) is 26.8. The van der Waals surface area contributed by atoms with E-state index in [1.54, 1.807) is 0 Å². The van der Waals surface area contributed by atoms with Crippen LogP contribution in [0.3, 0.4) is 0 Å². The lowest BCUT2D eigenvalue weighted by atomic mass is 10.1. The molecule has 0 saturated carbocycles. The monoisotopic (exact) mass is 611 g/mol. The maximum Gasteiger partial charge on any atom is 0.306 e. The summed E-state index contributed by atoms with van der Waals surface area (Å²) in [5.74, 6) is -0.382. The van der Waals surface area contributed by atoms with Crippen LogP contribution in [-0.4, -0.2) is 70.7 Å². The maximum atomic E-state index is 12.3. The maximum absolute atomic E-state index is 12.3. The molecule has 0 bridgehead atoms. The van der Waals surface area contributed by atoms with E-state index in [1.165, 1.54) is 0 Å². The topological polar surface area (TPSA) is 94.1 Å². The first-order valence-corrected chi connectivity index (χ1v) is 17.0.